The van der Waals surface area contributed by atoms with E-state index >= 15 is 0 Å². The number of benzene rings is 1. The fraction of sp³-hybridized carbons (Fsp3) is 0.200. The summed E-state index contributed by atoms with van der Waals surface area (Å²) in [5, 5.41) is 12.2. The second-order valence-electron chi connectivity index (χ2n) is 4.59. The molecule has 20 heavy (non-hydrogen) atoms. The molecule has 0 amide bonds. The Balaban J connectivity index is 1.85. The van der Waals surface area contributed by atoms with Gasteiger partial charge in [0.15, 0.2) is 5.69 Å². The lowest BCUT2D eigenvalue weighted by molar-refractivity contribution is 0.0690. The Bertz CT molecular complexity index is 643. The quantitative estimate of drug-likeness (QED) is 0.897. The molecule has 0 radical (unpaired) electrons. The van der Waals surface area contributed by atoms with Crippen molar-refractivity contribution in [3.63, 3.8) is 0 Å². The summed E-state index contributed by atoms with van der Waals surface area (Å²) >= 11 is 0. The van der Waals surface area contributed by atoms with Gasteiger partial charge in [-0.05, 0) is 18.2 Å². The lowest BCUT2D eigenvalue weighted by Crippen LogP contribution is -2.21. The zero-order chi connectivity index (χ0) is 13.9. The average Bonchev–Trinajstić information content (AvgIpc) is 2.48. The number of carbonyl (C=O) groups is 1. The second kappa shape index (κ2) is 5.21. The van der Waals surface area contributed by atoms with E-state index < -0.39 is 5.97 Å². The van der Waals surface area contributed by atoms with Gasteiger partial charge in [-0.3, -0.25) is 0 Å². The van der Waals surface area contributed by atoms with Crippen molar-refractivity contribution in [3.05, 3.63) is 53.7 Å². The van der Waals surface area contributed by atoms with Gasteiger partial charge in [0.05, 0.1) is 12.6 Å². The van der Waals surface area contributed by atoms with E-state index in [4.69, 9.17) is 9.84 Å². The summed E-state index contributed by atoms with van der Waals surface area (Å²) in [7, 11) is 0. The number of aromatic carboxylic acids is 1. The van der Waals surface area contributed by atoms with Crippen molar-refractivity contribution in [2.75, 3.05) is 11.9 Å². The van der Waals surface area contributed by atoms with Crippen molar-refractivity contribution >= 4 is 11.8 Å². The molecular formula is C15H14N2O3. The Labute approximate surface area is 116 Å². The lowest BCUT2D eigenvalue weighted by atomic mass is 10.0. The molecule has 0 bridgehead atoms. The molecule has 102 valence electrons. The van der Waals surface area contributed by atoms with Crippen LogP contribution in [0.4, 0.5) is 5.82 Å². The zero-order valence-electron chi connectivity index (χ0n) is 10.7. The number of carboxylic acid groups (broad SMARTS) is 1. The Kier molecular flexibility index (Phi) is 3.25. The van der Waals surface area contributed by atoms with E-state index in [1.165, 1.54) is 6.07 Å². The molecule has 5 nitrogen and oxygen atoms in total. The van der Waals surface area contributed by atoms with Crippen molar-refractivity contribution in [1.82, 2.24) is 4.98 Å². The maximum absolute atomic E-state index is 10.9. The van der Waals surface area contributed by atoms with E-state index in [2.05, 4.69) is 10.3 Å². The highest BCUT2D eigenvalue weighted by molar-refractivity contribution is 5.85. The van der Waals surface area contributed by atoms with Crippen LogP contribution in [0, 0.1) is 0 Å². The first-order valence-corrected chi connectivity index (χ1v) is 6.42. The number of aromatic nitrogens is 1. The van der Waals surface area contributed by atoms with Crippen molar-refractivity contribution in [3.8, 4) is 5.75 Å². The van der Waals surface area contributed by atoms with E-state index in [0.717, 1.165) is 17.7 Å². The molecule has 2 aromatic rings. The van der Waals surface area contributed by atoms with Gasteiger partial charge < -0.3 is 15.2 Å². The molecule has 3 rings (SSSR count). The van der Waals surface area contributed by atoms with Crippen molar-refractivity contribution in [2.45, 2.75) is 12.5 Å². The van der Waals surface area contributed by atoms with Crippen LogP contribution in [0.5, 0.6) is 5.75 Å². The molecule has 1 aromatic carbocycles. The van der Waals surface area contributed by atoms with E-state index in [9.17, 15) is 4.79 Å². The maximum Gasteiger partial charge on any atom is 0.354 e. The van der Waals surface area contributed by atoms with Crippen LogP contribution < -0.4 is 10.1 Å². The van der Waals surface area contributed by atoms with E-state index in [1.807, 2.05) is 24.3 Å². The van der Waals surface area contributed by atoms with Gasteiger partial charge in [-0.15, -0.1) is 0 Å². The number of nitrogens with zero attached hydrogens (tertiary/aromatic N) is 1. The number of anilines is 1. The first kappa shape index (κ1) is 12.5. The maximum atomic E-state index is 10.9. The zero-order valence-corrected chi connectivity index (χ0v) is 10.7. The second-order valence-corrected chi connectivity index (χ2v) is 4.59. The summed E-state index contributed by atoms with van der Waals surface area (Å²) in [5.74, 6) is 0.401. The third-order valence-corrected chi connectivity index (χ3v) is 3.25. The molecule has 1 unspecified atom stereocenters. The van der Waals surface area contributed by atoms with Crippen LogP contribution in [-0.2, 0) is 0 Å². The highest BCUT2D eigenvalue weighted by Gasteiger charge is 2.21. The third kappa shape index (κ3) is 2.42. The van der Waals surface area contributed by atoms with Crippen LogP contribution in [0.1, 0.15) is 28.5 Å². The lowest BCUT2D eigenvalue weighted by Gasteiger charge is -2.27. The smallest absolute Gasteiger partial charge is 0.354 e. The minimum atomic E-state index is -1.03. The molecule has 0 saturated carbocycles. The summed E-state index contributed by atoms with van der Waals surface area (Å²) in [5.41, 5.74) is 1.11. The standard InChI is InChI=1S/C15H14N2O3/c18-15(19)12-5-3-7-14(17-12)16-11-8-9-20-13-6-2-1-4-10(11)13/h1-7,11H,8-9H2,(H,16,17)(H,18,19). The topological polar surface area (TPSA) is 71.5 Å². The Morgan fingerprint density at radius 3 is 2.95 bits per heavy atom. The van der Waals surface area contributed by atoms with Crippen molar-refractivity contribution in [1.29, 1.82) is 0 Å². The summed E-state index contributed by atoms with van der Waals surface area (Å²) < 4.78 is 5.60. The number of nitrogens with one attached hydrogen (secondary N) is 1. The first-order chi connectivity index (χ1) is 9.74. The van der Waals surface area contributed by atoms with Gasteiger partial charge >= 0.3 is 5.97 Å². The summed E-state index contributed by atoms with van der Waals surface area (Å²) in [6.07, 6.45) is 0.815. The van der Waals surface area contributed by atoms with Crippen LogP contribution in [0.25, 0.3) is 0 Å². The highest BCUT2D eigenvalue weighted by atomic mass is 16.5. The van der Waals surface area contributed by atoms with Gasteiger partial charge in [0, 0.05) is 12.0 Å². The van der Waals surface area contributed by atoms with Gasteiger partial charge in [-0.2, -0.15) is 0 Å². The van der Waals surface area contributed by atoms with Crippen LogP contribution in [-0.4, -0.2) is 22.7 Å². The van der Waals surface area contributed by atoms with Gasteiger partial charge in [0.2, 0.25) is 0 Å². The molecule has 2 N–H and O–H groups in total. The van der Waals surface area contributed by atoms with Gasteiger partial charge in [0.25, 0.3) is 0 Å². The first-order valence-electron chi connectivity index (χ1n) is 6.42. The molecule has 0 spiro atoms. The predicted octanol–water partition coefficient (Wildman–Crippen LogP) is 2.72. The van der Waals surface area contributed by atoms with Crippen molar-refractivity contribution in [2.24, 2.45) is 0 Å². The number of hydrogen-bond acceptors (Lipinski definition) is 4. The monoisotopic (exact) mass is 270 g/mol. The van der Waals surface area contributed by atoms with Gasteiger partial charge in [0.1, 0.15) is 11.6 Å². The minimum absolute atomic E-state index is 0.0374. The summed E-state index contributed by atoms with van der Waals surface area (Å²) in [4.78, 5) is 15.0. The Hall–Kier alpha value is -2.56. The van der Waals surface area contributed by atoms with Crippen LogP contribution in [0.15, 0.2) is 42.5 Å². The number of hydrogen-bond donors (Lipinski definition) is 2. The molecule has 1 aliphatic heterocycles. The number of carboxylic acids is 1. The molecule has 1 atom stereocenters. The molecular weight excluding hydrogens is 256 g/mol. The molecule has 0 aliphatic carbocycles. The average molecular weight is 270 g/mol. The van der Waals surface area contributed by atoms with Gasteiger partial charge in [-0.1, -0.05) is 24.3 Å². The van der Waals surface area contributed by atoms with Crippen LogP contribution in [0.3, 0.4) is 0 Å². The number of rotatable bonds is 3. The number of para-hydroxylation sites is 1. The number of pyridine rings is 1. The van der Waals surface area contributed by atoms with Crippen LogP contribution >= 0.6 is 0 Å². The largest absolute Gasteiger partial charge is 0.493 e. The SMILES string of the molecule is O=C(O)c1cccc(NC2CCOc3ccccc32)n1. The molecule has 5 heteroatoms. The number of fused-ring (bicyclic) bond motifs is 1. The molecule has 1 aliphatic rings. The molecule has 0 saturated heterocycles. The number of ether oxygens (including phenoxy) is 1. The predicted molar refractivity (Wildman–Crippen MR) is 74.1 cm³/mol. The molecule has 0 fully saturated rings. The molecule has 1 aromatic heterocycles. The van der Waals surface area contributed by atoms with Crippen LogP contribution in [0.2, 0.25) is 0 Å². The fourth-order valence-corrected chi connectivity index (χ4v) is 2.30. The third-order valence-electron chi connectivity index (χ3n) is 3.25. The summed E-state index contributed by atoms with van der Waals surface area (Å²) in [6, 6.07) is 12.8. The van der Waals surface area contributed by atoms with E-state index in [-0.39, 0.29) is 11.7 Å². The Morgan fingerprint density at radius 1 is 1.25 bits per heavy atom. The molecule has 2 heterocycles. The summed E-state index contributed by atoms with van der Waals surface area (Å²) in [6.45, 7) is 0.632. The Morgan fingerprint density at radius 2 is 2.10 bits per heavy atom. The normalized spacial score (nSPS) is 16.9. The highest BCUT2D eigenvalue weighted by Crippen LogP contribution is 2.33. The minimum Gasteiger partial charge on any atom is -0.493 e. The van der Waals surface area contributed by atoms with Crippen molar-refractivity contribution < 1.29 is 14.6 Å². The fourth-order valence-electron chi connectivity index (χ4n) is 2.30. The van der Waals surface area contributed by atoms with E-state index in [1.54, 1.807) is 12.1 Å². The van der Waals surface area contributed by atoms with E-state index in [0.29, 0.717) is 12.4 Å². The van der Waals surface area contributed by atoms with Gasteiger partial charge in [-0.25, -0.2) is 9.78 Å².